The van der Waals surface area contributed by atoms with Gasteiger partial charge < -0.3 is 14.9 Å². The summed E-state index contributed by atoms with van der Waals surface area (Å²) in [5.41, 5.74) is -3.02. The first kappa shape index (κ1) is 56.2. The molecule has 10 nitrogen and oxygen atoms in total. The molecule has 0 saturated carbocycles. The SMILES string of the molecule is CCCCCCCCC(OC=O)N1CCN(Cc2cc(C(F)(F)F)cc(C(F)(F)F)c2)CCN(C(CCCCCCCC)C(=O)O)CCN(C(CCCCCCCC)C(=O)O)CC1. The summed E-state index contributed by atoms with van der Waals surface area (Å²) in [6.45, 7) is 7.89. The van der Waals surface area contributed by atoms with Gasteiger partial charge in [-0.2, -0.15) is 26.3 Å². The Hall–Kier alpha value is -2.95. The fourth-order valence-corrected chi connectivity index (χ4v) is 8.60. The number of nitrogens with zero attached hydrogens (tertiary/aromatic N) is 4. The third kappa shape index (κ3) is 22.7. The van der Waals surface area contributed by atoms with E-state index in [1.807, 2.05) is 9.80 Å². The lowest BCUT2D eigenvalue weighted by Gasteiger charge is -2.39. The topological polar surface area (TPSA) is 114 Å². The summed E-state index contributed by atoms with van der Waals surface area (Å²) in [5, 5.41) is 21.2. The number of unbranched alkanes of at least 4 members (excludes halogenated alkanes) is 15. The lowest BCUT2D eigenvalue weighted by molar-refractivity contribution is -0.148. The number of carbonyl (C=O) groups excluding carboxylic acids is 1. The monoisotopic (exact) mass is 909 g/mol. The molecule has 0 bridgehead atoms. The number of rotatable bonds is 30. The van der Waals surface area contributed by atoms with Crippen molar-refractivity contribution in [2.75, 3.05) is 52.4 Å². The molecule has 2 N–H and O–H groups in total. The molecule has 1 fully saturated rings. The van der Waals surface area contributed by atoms with E-state index in [-0.39, 0.29) is 70.5 Å². The predicted molar refractivity (Wildman–Crippen MR) is 234 cm³/mol. The van der Waals surface area contributed by atoms with Crippen molar-refractivity contribution < 1.29 is 55.7 Å². The minimum absolute atomic E-state index is 0.0997. The van der Waals surface area contributed by atoms with Crippen LogP contribution >= 0.6 is 0 Å². The zero-order valence-electron chi connectivity index (χ0n) is 38.3. The average molecular weight is 909 g/mol. The first-order valence-electron chi connectivity index (χ1n) is 23.8. The Labute approximate surface area is 373 Å². The maximum atomic E-state index is 14.0. The lowest BCUT2D eigenvalue weighted by atomic mass is 10.0. The molecule has 3 unspecified atom stereocenters. The highest BCUT2D eigenvalue weighted by Gasteiger charge is 2.37. The molecule has 1 heterocycles. The fraction of sp³-hybridized carbons (Fsp3) is 0.809. The minimum Gasteiger partial charge on any atom is -0.480 e. The smallest absolute Gasteiger partial charge is 0.416 e. The molecule has 2 rings (SSSR count). The molecule has 1 aromatic rings. The molecule has 1 saturated heterocycles. The highest BCUT2D eigenvalue weighted by Crippen LogP contribution is 2.36. The molecule has 63 heavy (non-hydrogen) atoms. The number of carbonyl (C=O) groups is 3. The van der Waals surface area contributed by atoms with Gasteiger partial charge in [-0.3, -0.25) is 34.0 Å². The van der Waals surface area contributed by atoms with E-state index in [9.17, 15) is 50.9 Å². The van der Waals surface area contributed by atoms with Gasteiger partial charge in [-0.15, -0.1) is 0 Å². The summed E-state index contributed by atoms with van der Waals surface area (Å²) < 4.78 is 89.4. The van der Waals surface area contributed by atoms with E-state index < -0.39 is 53.7 Å². The highest BCUT2D eigenvalue weighted by atomic mass is 19.4. The second-order valence-electron chi connectivity index (χ2n) is 17.4. The van der Waals surface area contributed by atoms with Gasteiger partial charge >= 0.3 is 24.3 Å². The summed E-state index contributed by atoms with van der Waals surface area (Å²) in [6.07, 6.45) is 7.88. The second kappa shape index (κ2) is 31.1. The van der Waals surface area contributed by atoms with E-state index in [0.717, 1.165) is 115 Å². The molecular weight excluding hydrogens is 831 g/mol. The van der Waals surface area contributed by atoms with E-state index in [1.54, 1.807) is 9.80 Å². The Bertz CT molecular complexity index is 1390. The van der Waals surface area contributed by atoms with Crippen LogP contribution in [0.3, 0.4) is 0 Å². The number of hydrogen-bond donors (Lipinski definition) is 2. The largest absolute Gasteiger partial charge is 0.480 e. The molecule has 0 radical (unpaired) electrons. The summed E-state index contributed by atoms with van der Waals surface area (Å²) in [6, 6.07) is -0.230. The van der Waals surface area contributed by atoms with E-state index in [2.05, 4.69) is 20.8 Å². The minimum atomic E-state index is -5.03. The van der Waals surface area contributed by atoms with Gasteiger partial charge in [-0.25, -0.2) is 0 Å². The number of benzene rings is 1. The van der Waals surface area contributed by atoms with Crippen LogP contribution in [-0.2, 0) is 38.0 Å². The van der Waals surface area contributed by atoms with Crippen molar-refractivity contribution in [2.45, 2.75) is 193 Å². The Morgan fingerprint density at radius 2 is 0.905 bits per heavy atom. The van der Waals surface area contributed by atoms with Crippen LogP contribution in [0.1, 0.15) is 172 Å². The number of hydrogen-bond acceptors (Lipinski definition) is 8. The maximum Gasteiger partial charge on any atom is 0.416 e. The van der Waals surface area contributed by atoms with Crippen molar-refractivity contribution in [3.05, 3.63) is 34.9 Å². The van der Waals surface area contributed by atoms with Crippen LogP contribution < -0.4 is 0 Å². The summed E-state index contributed by atoms with van der Waals surface area (Å²) in [4.78, 5) is 45.2. The van der Waals surface area contributed by atoms with Crippen LogP contribution in [0.25, 0.3) is 0 Å². The van der Waals surface area contributed by atoms with Crippen LogP contribution in [0.4, 0.5) is 26.3 Å². The molecule has 0 aliphatic carbocycles. The number of carboxylic acids is 2. The Balaban J connectivity index is 2.60. The first-order valence-corrected chi connectivity index (χ1v) is 23.8. The van der Waals surface area contributed by atoms with E-state index in [4.69, 9.17) is 4.74 Å². The van der Waals surface area contributed by atoms with Crippen molar-refractivity contribution >= 4 is 18.4 Å². The molecule has 0 amide bonds. The van der Waals surface area contributed by atoms with E-state index >= 15 is 0 Å². The summed E-state index contributed by atoms with van der Waals surface area (Å²) in [7, 11) is 0. The van der Waals surface area contributed by atoms with Crippen molar-refractivity contribution in [3.63, 3.8) is 0 Å². The Morgan fingerprint density at radius 3 is 1.29 bits per heavy atom. The molecule has 0 aromatic heterocycles. The molecule has 0 spiro atoms. The summed E-state index contributed by atoms with van der Waals surface area (Å²) in [5.74, 6) is -2.02. The molecule has 1 aliphatic rings. The van der Waals surface area contributed by atoms with Crippen molar-refractivity contribution in [1.29, 1.82) is 0 Å². The number of aliphatic carboxylic acids is 2. The van der Waals surface area contributed by atoms with Gasteiger partial charge in [0.15, 0.2) is 6.23 Å². The molecule has 3 atom stereocenters. The van der Waals surface area contributed by atoms with Gasteiger partial charge in [0.05, 0.1) is 11.1 Å². The predicted octanol–water partition coefficient (Wildman–Crippen LogP) is 11.1. The highest BCUT2D eigenvalue weighted by molar-refractivity contribution is 5.74. The van der Waals surface area contributed by atoms with Crippen LogP contribution in [0.15, 0.2) is 18.2 Å². The van der Waals surface area contributed by atoms with Crippen molar-refractivity contribution in [1.82, 2.24) is 19.6 Å². The van der Waals surface area contributed by atoms with Gasteiger partial charge in [0, 0.05) is 58.9 Å². The van der Waals surface area contributed by atoms with Crippen LogP contribution in [0.5, 0.6) is 0 Å². The number of ether oxygens (including phenoxy) is 1. The molecular formula is C47H78F6N4O6. The zero-order valence-corrected chi connectivity index (χ0v) is 38.3. The van der Waals surface area contributed by atoms with Crippen molar-refractivity contribution in [3.8, 4) is 0 Å². The first-order chi connectivity index (χ1) is 30.0. The third-order valence-electron chi connectivity index (χ3n) is 12.3. The Kier molecular flexibility index (Phi) is 27.7. The van der Waals surface area contributed by atoms with E-state index in [1.165, 1.54) is 0 Å². The fourth-order valence-electron chi connectivity index (χ4n) is 8.60. The normalized spacial score (nSPS) is 17.4. The summed E-state index contributed by atoms with van der Waals surface area (Å²) >= 11 is 0. The van der Waals surface area contributed by atoms with Gasteiger partial charge in [-0.05, 0) is 49.4 Å². The zero-order chi connectivity index (χ0) is 46.7. The quantitative estimate of drug-likeness (QED) is 0.0439. The standard InChI is InChI=1S/C47H78F6N4O6/c1-4-7-10-13-16-19-22-41(44(59)60)55-27-25-54(36-38-33-39(46(48,49)50)35-40(34-38)47(51,52)53)26-28-57(43(63-37-58)24-21-18-15-12-9-6-3)32-31-56(30-29-55)42(45(61)62)23-20-17-14-11-8-5-2/h33-35,37,41-43H,4-32,36H2,1-3H3,(H,59,60)(H,61,62). The average Bonchev–Trinajstić information content (AvgIpc) is 3.22. The third-order valence-corrected chi connectivity index (χ3v) is 12.3. The Morgan fingerprint density at radius 1 is 0.556 bits per heavy atom. The van der Waals surface area contributed by atoms with Gasteiger partial charge in [-0.1, -0.05) is 130 Å². The maximum absolute atomic E-state index is 14.0. The number of halogens is 6. The molecule has 1 aliphatic heterocycles. The van der Waals surface area contributed by atoms with Gasteiger partial charge in [0.25, 0.3) is 6.47 Å². The van der Waals surface area contributed by atoms with Crippen molar-refractivity contribution in [2.24, 2.45) is 0 Å². The molecule has 1 aromatic carbocycles. The van der Waals surface area contributed by atoms with Crippen LogP contribution in [0, 0.1) is 0 Å². The van der Waals surface area contributed by atoms with Gasteiger partial charge in [0.2, 0.25) is 0 Å². The number of alkyl halides is 6. The lowest BCUT2D eigenvalue weighted by Crippen LogP contribution is -2.54. The number of carboxylic acid groups (broad SMARTS) is 2. The van der Waals surface area contributed by atoms with Crippen LogP contribution in [-0.4, -0.2) is 119 Å². The van der Waals surface area contributed by atoms with Crippen LogP contribution in [0.2, 0.25) is 0 Å². The molecule has 16 heteroatoms. The van der Waals surface area contributed by atoms with Gasteiger partial charge in [0.1, 0.15) is 12.1 Å². The van der Waals surface area contributed by atoms with E-state index in [0.29, 0.717) is 38.6 Å². The molecule has 364 valence electrons. The second-order valence-corrected chi connectivity index (χ2v) is 17.4.